The number of guanidine groups is 5. The van der Waals surface area contributed by atoms with Crippen LogP contribution >= 0.6 is 0 Å². The van der Waals surface area contributed by atoms with Crippen LogP contribution in [0.2, 0.25) is 0 Å². The first kappa shape index (κ1) is 52.8. The number of hydrogen-bond acceptors (Lipinski definition) is 14. The van der Waals surface area contributed by atoms with Gasteiger partial charge in [0, 0.05) is 5.56 Å². The molecule has 0 bridgehead atoms. The number of benzene rings is 3. The van der Waals surface area contributed by atoms with Crippen molar-refractivity contribution in [1.82, 2.24) is 31.9 Å². The van der Waals surface area contributed by atoms with Crippen LogP contribution in [0, 0.1) is 5.92 Å². The van der Waals surface area contributed by atoms with E-state index < -0.39 is 115 Å². The van der Waals surface area contributed by atoms with E-state index in [1.54, 1.807) is 18.2 Å². The monoisotopic (exact) mass is 971 g/mol. The van der Waals surface area contributed by atoms with Gasteiger partial charge in [0.25, 0.3) is 29.5 Å². The first-order chi connectivity index (χ1) is 33.0. The molecule has 3 aromatic rings. The fourth-order valence-corrected chi connectivity index (χ4v) is 6.59. The lowest BCUT2D eigenvalue weighted by Crippen LogP contribution is -2.60. The van der Waals surface area contributed by atoms with Gasteiger partial charge in [-0.15, -0.1) is 0 Å². The lowest BCUT2D eigenvalue weighted by atomic mass is 9.95. The molecule has 0 radical (unpaired) electrons. The standard InChI is InChI=1S/C39H53N23O8/c40-23(24(41)64)54-31(67)25(59-36(44)45)56-33(69)27(61-38(48)49)58-34(70)28(62-39(50)51)57-32(68)26(60-37(46)47)55-30(66)21(14-6-2-1-3-7-14)52-29(65)20(13-63)19-12-17-10-15-8-4-5-9-16(15)11-18(17)22(19)53-35(42)43/h1-11,20-21,23,25-28,63H,12-13,40H2,(H2,41,64)(H,52,65)(H,54,67)(H,55,66)(H,56,69)(H,57,68)(H,58,70)(H4,42,43,53)(H4,44,45,59)(H4,46,47,60)(H4,48,49,61)(H4,50,51,62). The van der Waals surface area contributed by atoms with Crippen LogP contribution in [-0.4, -0.2) is 114 Å². The summed E-state index contributed by atoms with van der Waals surface area (Å²) in [4.78, 5) is 112. The molecule has 3 aromatic carbocycles. The fourth-order valence-electron chi connectivity index (χ4n) is 6.59. The Kier molecular flexibility index (Phi) is 17.8. The second-order valence-corrected chi connectivity index (χ2v) is 14.8. The van der Waals surface area contributed by atoms with E-state index in [1.807, 2.05) is 52.3 Å². The summed E-state index contributed by atoms with van der Waals surface area (Å²) in [5.74, 6) is -13.4. The number of carbonyl (C=O) groups excluding carboxylic acids is 7. The third-order valence-corrected chi connectivity index (χ3v) is 9.58. The van der Waals surface area contributed by atoms with Gasteiger partial charge in [0.1, 0.15) is 6.04 Å². The van der Waals surface area contributed by atoms with Crippen molar-refractivity contribution in [2.45, 2.75) is 43.3 Å². The van der Waals surface area contributed by atoms with Crippen molar-refractivity contribution in [1.29, 1.82) is 0 Å². The molecule has 1 aliphatic rings. The molecule has 31 nitrogen and oxygen atoms in total. The topological polar surface area (TPSA) is 586 Å². The average Bonchev–Trinajstić information content (AvgIpc) is 3.61. The number of fused-ring (bicyclic) bond motifs is 2. The summed E-state index contributed by atoms with van der Waals surface area (Å²) in [5.41, 5.74) is 68.2. The van der Waals surface area contributed by atoms with E-state index in [1.165, 1.54) is 12.1 Å². The predicted octanol–water partition coefficient (Wildman–Crippen LogP) is -9.40. The summed E-state index contributed by atoms with van der Waals surface area (Å²) in [5, 5.41) is 25.4. The first-order valence-electron chi connectivity index (χ1n) is 20.2. The molecule has 0 aromatic heterocycles. The van der Waals surface area contributed by atoms with Crippen LogP contribution in [0.5, 0.6) is 0 Å². The second-order valence-electron chi connectivity index (χ2n) is 14.8. The number of nitrogens with zero attached hydrogens (tertiary/aromatic N) is 5. The molecule has 0 saturated heterocycles. The molecule has 70 heavy (non-hydrogen) atoms. The van der Waals surface area contributed by atoms with Crippen LogP contribution in [0.15, 0.2) is 97.3 Å². The zero-order chi connectivity index (χ0) is 52.0. The Morgan fingerprint density at radius 1 is 0.514 bits per heavy atom. The van der Waals surface area contributed by atoms with Crippen molar-refractivity contribution in [2.24, 2.45) is 99.7 Å². The molecule has 31 N–H and O–H groups in total. The van der Waals surface area contributed by atoms with Gasteiger partial charge in [-0.1, -0.05) is 60.7 Å². The van der Waals surface area contributed by atoms with Gasteiger partial charge in [-0.25, -0.2) is 25.0 Å². The summed E-state index contributed by atoms with van der Waals surface area (Å²) >= 11 is 0. The largest absolute Gasteiger partial charge is 0.395 e. The Hall–Kier alpha value is -9.78. The molecule has 31 heteroatoms. The number of carbonyl (C=O) groups is 7. The van der Waals surface area contributed by atoms with Crippen LogP contribution in [0.25, 0.3) is 16.5 Å². The maximum atomic E-state index is 14.3. The van der Waals surface area contributed by atoms with Crippen molar-refractivity contribution in [3.8, 4) is 0 Å². The third-order valence-electron chi connectivity index (χ3n) is 9.58. The minimum Gasteiger partial charge on any atom is -0.395 e. The zero-order valence-electron chi connectivity index (χ0n) is 36.8. The number of amides is 7. The molecule has 0 spiro atoms. The van der Waals surface area contributed by atoms with E-state index >= 15 is 0 Å². The summed E-state index contributed by atoms with van der Waals surface area (Å²) in [6, 6.07) is 17.3. The fraction of sp³-hybridized carbons (Fsp3) is 0.231. The highest BCUT2D eigenvalue weighted by molar-refractivity contribution is 6.00. The third kappa shape index (κ3) is 14.4. The van der Waals surface area contributed by atoms with E-state index in [9.17, 15) is 38.7 Å². The Bertz CT molecular complexity index is 2690. The summed E-state index contributed by atoms with van der Waals surface area (Å²) in [6.07, 6.45) is -10.1. The van der Waals surface area contributed by atoms with E-state index in [0.29, 0.717) is 11.1 Å². The molecule has 0 saturated carbocycles. The average molecular weight is 972 g/mol. The highest BCUT2D eigenvalue weighted by Crippen LogP contribution is 2.40. The molecule has 0 fully saturated rings. The molecular formula is C39H53N23O8. The molecule has 4 rings (SSSR count). The smallest absolute Gasteiger partial charge is 0.267 e. The molecular weight excluding hydrogens is 919 g/mol. The van der Waals surface area contributed by atoms with Gasteiger partial charge in [0.05, 0.1) is 18.2 Å². The van der Waals surface area contributed by atoms with E-state index in [4.69, 9.17) is 68.8 Å². The summed E-state index contributed by atoms with van der Waals surface area (Å²) in [6.45, 7) is -0.766. The van der Waals surface area contributed by atoms with Crippen molar-refractivity contribution >= 4 is 87.6 Å². The molecule has 1 aliphatic carbocycles. The Morgan fingerprint density at radius 3 is 1.34 bits per heavy atom. The maximum absolute atomic E-state index is 14.3. The van der Waals surface area contributed by atoms with Gasteiger partial charge in [0.15, 0.2) is 36.0 Å². The lowest BCUT2D eigenvalue weighted by molar-refractivity contribution is -0.135. The Balaban J connectivity index is 1.62. The van der Waals surface area contributed by atoms with Crippen LogP contribution in [0.1, 0.15) is 22.7 Å². The SMILES string of the molecule is NC(=O)C(N)NC(=O)C(N=C(N)N)NC(=O)C(N=C(N)N)NC(=O)C(N=C(N)N)NC(=O)C(N=C(N)N)NC(=O)C(NC(=O)C(CO)C1=C(N=C(N)N)c2cc3ccccc3cc2C1)c1ccccc1. The quantitative estimate of drug-likeness (QED) is 0.0268. The molecule has 7 unspecified atom stereocenters. The molecule has 7 atom stereocenters. The number of aliphatic imine (C=N–C) groups is 5. The highest BCUT2D eigenvalue weighted by Gasteiger charge is 2.37. The number of rotatable bonds is 21. The van der Waals surface area contributed by atoms with Crippen molar-refractivity contribution in [3.05, 3.63) is 89.0 Å². The predicted molar refractivity (Wildman–Crippen MR) is 255 cm³/mol. The summed E-state index contributed by atoms with van der Waals surface area (Å²) < 4.78 is 0. The van der Waals surface area contributed by atoms with Gasteiger partial charge in [-0.3, -0.25) is 33.6 Å². The molecule has 372 valence electrons. The number of aliphatic hydroxyl groups excluding tert-OH is 1. The Morgan fingerprint density at radius 2 is 0.929 bits per heavy atom. The maximum Gasteiger partial charge on any atom is 0.267 e. The van der Waals surface area contributed by atoms with E-state index in [0.717, 1.165) is 16.3 Å². The Labute approximate surface area is 396 Å². The van der Waals surface area contributed by atoms with Crippen LogP contribution in [-0.2, 0) is 40.0 Å². The molecule has 0 aliphatic heterocycles. The van der Waals surface area contributed by atoms with Crippen LogP contribution in [0.4, 0.5) is 0 Å². The normalized spacial score (nSPS) is 14.4. The van der Waals surface area contributed by atoms with Crippen molar-refractivity contribution in [2.75, 3.05) is 6.61 Å². The number of nitrogens with two attached hydrogens (primary N) is 12. The van der Waals surface area contributed by atoms with Crippen molar-refractivity contribution < 1.29 is 38.7 Å². The van der Waals surface area contributed by atoms with Gasteiger partial charge >= 0.3 is 0 Å². The van der Waals surface area contributed by atoms with Gasteiger partial charge < -0.3 is 106 Å². The van der Waals surface area contributed by atoms with E-state index in [-0.39, 0.29) is 23.6 Å². The minimum absolute atomic E-state index is 0.144. The number of aliphatic hydroxyl groups is 1. The number of hydrogen-bond donors (Lipinski definition) is 19. The summed E-state index contributed by atoms with van der Waals surface area (Å²) in [7, 11) is 0. The van der Waals surface area contributed by atoms with Gasteiger partial charge in [0.2, 0.25) is 36.5 Å². The molecule has 7 amide bonds. The van der Waals surface area contributed by atoms with Gasteiger partial charge in [-0.05, 0) is 40.0 Å². The van der Waals surface area contributed by atoms with Crippen LogP contribution < -0.4 is 101 Å². The molecule has 0 heterocycles. The van der Waals surface area contributed by atoms with Crippen LogP contribution in [0.3, 0.4) is 0 Å². The van der Waals surface area contributed by atoms with Gasteiger partial charge in [-0.2, -0.15) is 0 Å². The lowest BCUT2D eigenvalue weighted by Gasteiger charge is -2.25. The second kappa shape index (κ2) is 23.6. The highest BCUT2D eigenvalue weighted by atomic mass is 16.3. The number of primary amides is 1. The van der Waals surface area contributed by atoms with E-state index in [2.05, 4.69) is 40.9 Å². The minimum atomic E-state index is -2.20. The first-order valence-corrected chi connectivity index (χ1v) is 20.2. The van der Waals surface area contributed by atoms with Crippen molar-refractivity contribution in [3.63, 3.8) is 0 Å². The number of nitrogens with one attached hydrogen (secondary N) is 6. The zero-order valence-corrected chi connectivity index (χ0v) is 36.8.